The number of thioether (sulfide) groups is 1. The van der Waals surface area contributed by atoms with Gasteiger partial charge in [0.15, 0.2) is 0 Å². The van der Waals surface area contributed by atoms with Crippen LogP contribution in [-0.4, -0.2) is 34.6 Å². The Labute approximate surface area is 197 Å². The van der Waals surface area contributed by atoms with Crippen molar-refractivity contribution in [3.63, 3.8) is 0 Å². The molecule has 0 aromatic heterocycles. The molecule has 3 rings (SSSR count). The number of carbonyl (C=O) groups is 3. The van der Waals surface area contributed by atoms with Crippen molar-refractivity contribution in [2.24, 2.45) is 0 Å². The van der Waals surface area contributed by atoms with Crippen molar-refractivity contribution >= 4 is 52.2 Å². The number of rotatable bonds is 7. The van der Waals surface area contributed by atoms with E-state index in [0.29, 0.717) is 22.0 Å². The summed E-state index contributed by atoms with van der Waals surface area (Å²) < 4.78 is 5.75. The molecule has 168 valence electrons. The molecule has 1 fully saturated rings. The number of amides is 3. The summed E-state index contributed by atoms with van der Waals surface area (Å²) in [5.74, 6) is -0.373. The second-order valence-electron chi connectivity index (χ2n) is 7.61. The van der Waals surface area contributed by atoms with Crippen LogP contribution in [0, 0.1) is 13.8 Å². The number of hydrogen-bond donors (Lipinski definition) is 1. The molecule has 8 heteroatoms. The van der Waals surface area contributed by atoms with Crippen LogP contribution in [0.15, 0.2) is 41.3 Å². The summed E-state index contributed by atoms with van der Waals surface area (Å²) in [6.45, 7) is 7.40. The van der Waals surface area contributed by atoms with E-state index in [1.807, 2.05) is 45.9 Å². The van der Waals surface area contributed by atoms with Gasteiger partial charge in [0.1, 0.15) is 12.3 Å². The summed E-state index contributed by atoms with van der Waals surface area (Å²) >= 11 is 7.10. The minimum absolute atomic E-state index is 0.0319. The molecule has 1 saturated heterocycles. The molecule has 0 bridgehead atoms. The van der Waals surface area contributed by atoms with Crippen molar-refractivity contribution < 1.29 is 19.1 Å². The highest BCUT2D eigenvalue weighted by atomic mass is 35.5. The zero-order valence-electron chi connectivity index (χ0n) is 18.4. The number of nitrogens with zero attached hydrogens (tertiary/aromatic N) is 1. The van der Waals surface area contributed by atoms with E-state index < -0.39 is 17.1 Å². The van der Waals surface area contributed by atoms with Crippen LogP contribution in [0.25, 0.3) is 6.08 Å². The molecule has 1 atom stereocenters. The summed E-state index contributed by atoms with van der Waals surface area (Å²) in [4.78, 5) is 38.8. The molecular weight excluding hydrogens is 448 g/mol. The second-order valence-corrected chi connectivity index (χ2v) is 9.01. The predicted octanol–water partition coefficient (Wildman–Crippen LogP) is 5.81. The number of carbonyl (C=O) groups excluding carboxylic acids is 3. The van der Waals surface area contributed by atoms with Crippen LogP contribution in [0.3, 0.4) is 0 Å². The molecule has 6 nitrogen and oxygen atoms in total. The molecule has 32 heavy (non-hydrogen) atoms. The summed E-state index contributed by atoms with van der Waals surface area (Å²) in [5, 5.41) is 2.74. The zero-order chi connectivity index (χ0) is 23.4. The van der Waals surface area contributed by atoms with Crippen molar-refractivity contribution in [1.82, 2.24) is 4.90 Å². The van der Waals surface area contributed by atoms with Gasteiger partial charge in [-0.1, -0.05) is 42.8 Å². The SMILES string of the molecule is CC[C@@H](C)Oc1ccc(/C=C2\SC(=O)N(CC(=O)Nc3c(C)cccc3C)C2=O)cc1Cl. The minimum Gasteiger partial charge on any atom is -0.489 e. The molecule has 1 aliphatic heterocycles. The van der Waals surface area contributed by atoms with Gasteiger partial charge in [-0.05, 0) is 73.9 Å². The van der Waals surface area contributed by atoms with Crippen LogP contribution < -0.4 is 10.1 Å². The maximum atomic E-state index is 12.8. The summed E-state index contributed by atoms with van der Waals surface area (Å²) in [5.41, 5.74) is 3.17. The Morgan fingerprint density at radius 1 is 1.22 bits per heavy atom. The Balaban J connectivity index is 1.71. The number of aryl methyl sites for hydroxylation is 2. The highest BCUT2D eigenvalue weighted by molar-refractivity contribution is 8.18. The molecule has 0 spiro atoms. The summed E-state index contributed by atoms with van der Waals surface area (Å²) in [6, 6.07) is 10.9. The lowest BCUT2D eigenvalue weighted by Gasteiger charge is -2.15. The average Bonchev–Trinajstić information content (AvgIpc) is 3.00. The number of ether oxygens (including phenoxy) is 1. The quantitative estimate of drug-likeness (QED) is 0.514. The van der Waals surface area contributed by atoms with E-state index in [4.69, 9.17) is 16.3 Å². The summed E-state index contributed by atoms with van der Waals surface area (Å²) in [7, 11) is 0. The molecule has 0 saturated carbocycles. The third-order valence-electron chi connectivity index (χ3n) is 5.08. The lowest BCUT2D eigenvalue weighted by atomic mass is 10.1. The van der Waals surface area contributed by atoms with Crippen LogP contribution >= 0.6 is 23.4 Å². The highest BCUT2D eigenvalue weighted by Gasteiger charge is 2.36. The van der Waals surface area contributed by atoms with Crippen molar-refractivity contribution in [1.29, 1.82) is 0 Å². The zero-order valence-corrected chi connectivity index (χ0v) is 20.0. The van der Waals surface area contributed by atoms with E-state index in [0.717, 1.165) is 34.2 Å². The minimum atomic E-state index is -0.507. The first-order valence-electron chi connectivity index (χ1n) is 10.3. The predicted molar refractivity (Wildman–Crippen MR) is 129 cm³/mol. The lowest BCUT2D eigenvalue weighted by molar-refractivity contribution is -0.127. The first-order valence-corrected chi connectivity index (χ1v) is 11.5. The number of hydrogen-bond acceptors (Lipinski definition) is 5. The van der Waals surface area contributed by atoms with E-state index in [9.17, 15) is 14.4 Å². The van der Waals surface area contributed by atoms with Crippen molar-refractivity contribution in [3.8, 4) is 5.75 Å². The van der Waals surface area contributed by atoms with Gasteiger partial charge in [-0.2, -0.15) is 0 Å². The van der Waals surface area contributed by atoms with Gasteiger partial charge in [0.2, 0.25) is 5.91 Å². The monoisotopic (exact) mass is 472 g/mol. The van der Waals surface area contributed by atoms with Gasteiger partial charge in [-0.3, -0.25) is 19.3 Å². The third kappa shape index (κ3) is 5.53. The molecule has 1 heterocycles. The smallest absolute Gasteiger partial charge is 0.294 e. The number of para-hydroxylation sites is 1. The van der Waals surface area contributed by atoms with Crippen LogP contribution in [0.4, 0.5) is 10.5 Å². The van der Waals surface area contributed by atoms with Gasteiger partial charge in [0.25, 0.3) is 11.1 Å². The van der Waals surface area contributed by atoms with Gasteiger partial charge in [-0.15, -0.1) is 0 Å². The normalized spacial score (nSPS) is 15.9. The first-order chi connectivity index (χ1) is 15.2. The van der Waals surface area contributed by atoms with Crippen LogP contribution in [0.2, 0.25) is 5.02 Å². The summed E-state index contributed by atoms with van der Waals surface area (Å²) in [6.07, 6.45) is 2.47. The fourth-order valence-electron chi connectivity index (χ4n) is 3.12. The Bertz CT molecular complexity index is 1080. The Morgan fingerprint density at radius 2 is 1.91 bits per heavy atom. The molecule has 0 radical (unpaired) electrons. The molecule has 2 aromatic carbocycles. The van der Waals surface area contributed by atoms with Gasteiger partial charge in [-0.25, -0.2) is 0 Å². The highest BCUT2D eigenvalue weighted by Crippen LogP contribution is 2.34. The molecule has 0 aliphatic carbocycles. The molecule has 2 aromatic rings. The van der Waals surface area contributed by atoms with E-state index in [1.165, 1.54) is 0 Å². The Morgan fingerprint density at radius 3 is 2.53 bits per heavy atom. The first kappa shape index (κ1) is 23.9. The van der Waals surface area contributed by atoms with E-state index in [1.54, 1.807) is 24.3 Å². The van der Waals surface area contributed by atoms with Crippen LogP contribution in [-0.2, 0) is 9.59 Å². The molecular formula is C24H25ClN2O4S. The van der Waals surface area contributed by atoms with Crippen LogP contribution in [0.1, 0.15) is 37.0 Å². The van der Waals surface area contributed by atoms with Crippen molar-refractivity contribution in [2.45, 2.75) is 40.2 Å². The number of benzene rings is 2. The van der Waals surface area contributed by atoms with E-state index >= 15 is 0 Å². The molecule has 0 unspecified atom stereocenters. The van der Waals surface area contributed by atoms with Gasteiger partial charge in [0, 0.05) is 5.69 Å². The number of imide groups is 1. The van der Waals surface area contributed by atoms with Gasteiger partial charge in [0.05, 0.1) is 16.0 Å². The topological polar surface area (TPSA) is 75.7 Å². The largest absolute Gasteiger partial charge is 0.489 e. The number of anilines is 1. The lowest BCUT2D eigenvalue weighted by Crippen LogP contribution is -2.36. The van der Waals surface area contributed by atoms with Crippen molar-refractivity contribution in [3.05, 3.63) is 63.0 Å². The van der Waals surface area contributed by atoms with E-state index in [2.05, 4.69) is 5.32 Å². The Kier molecular flexibility index (Phi) is 7.64. The second kappa shape index (κ2) is 10.2. The third-order valence-corrected chi connectivity index (χ3v) is 6.28. The van der Waals surface area contributed by atoms with Crippen molar-refractivity contribution in [2.75, 3.05) is 11.9 Å². The average molecular weight is 473 g/mol. The fraction of sp³-hybridized carbons (Fsp3) is 0.292. The fourth-order valence-corrected chi connectivity index (χ4v) is 4.20. The van der Waals surface area contributed by atoms with E-state index in [-0.39, 0.29) is 17.6 Å². The molecule has 1 aliphatic rings. The Hall–Kier alpha value is -2.77. The maximum absolute atomic E-state index is 12.8. The maximum Gasteiger partial charge on any atom is 0.294 e. The molecule has 1 N–H and O–H groups in total. The standard InChI is InChI=1S/C24H25ClN2O4S/c1-5-16(4)31-19-10-9-17(11-18(19)25)12-20-23(29)27(24(30)32-20)13-21(28)26-22-14(2)7-6-8-15(22)3/h6-12,16H,5,13H2,1-4H3,(H,26,28)/b20-12-/t16-/m1/s1. The number of halogens is 1. The number of nitrogens with one attached hydrogen (secondary N) is 1. The molecule has 3 amide bonds. The van der Waals surface area contributed by atoms with Gasteiger partial charge < -0.3 is 10.1 Å². The van der Waals surface area contributed by atoms with Crippen LogP contribution in [0.5, 0.6) is 5.75 Å². The van der Waals surface area contributed by atoms with Gasteiger partial charge >= 0.3 is 0 Å².